The minimum atomic E-state index is -0.263. The molecule has 1 amide bonds. The van der Waals surface area contributed by atoms with Crippen LogP contribution < -0.4 is 11.1 Å². The van der Waals surface area contributed by atoms with Crippen LogP contribution >= 0.6 is 0 Å². The van der Waals surface area contributed by atoms with Crippen LogP contribution in [-0.2, 0) is 0 Å². The Bertz CT molecular complexity index is 494. The van der Waals surface area contributed by atoms with E-state index in [0.717, 1.165) is 31.4 Å². The molecule has 0 spiro atoms. The molecule has 110 valence electrons. The normalized spacial score (nSPS) is 16.9. The van der Waals surface area contributed by atoms with E-state index in [1.165, 1.54) is 4.90 Å². The van der Waals surface area contributed by atoms with Gasteiger partial charge < -0.3 is 21.1 Å². The minimum Gasteiger partial charge on any atom is -0.397 e. The first-order chi connectivity index (χ1) is 9.47. The largest absolute Gasteiger partial charge is 0.397 e. The van der Waals surface area contributed by atoms with Gasteiger partial charge in [0, 0.05) is 19.7 Å². The molecule has 1 aromatic rings. The number of amides is 1. The molecule has 0 radical (unpaired) electrons. The number of nitrogen functional groups attached to an aromatic ring is 1. The lowest BCUT2D eigenvalue weighted by atomic mass is 9.98. The molecule has 0 heterocycles. The van der Waals surface area contributed by atoms with Crippen LogP contribution in [0.4, 0.5) is 11.4 Å². The molecular weight excluding hydrogens is 254 g/mol. The van der Waals surface area contributed by atoms with Gasteiger partial charge in [0.1, 0.15) is 0 Å². The number of carbonyl (C=O) groups is 1. The van der Waals surface area contributed by atoms with E-state index in [4.69, 9.17) is 5.73 Å². The van der Waals surface area contributed by atoms with Gasteiger partial charge in [-0.2, -0.15) is 0 Å². The van der Waals surface area contributed by atoms with E-state index in [1.807, 2.05) is 6.07 Å². The van der Waals surface area contributed by atoms with Crippen molar-refractivity contribution in [1.82, 2.24) is 4.90 Å². The summed E-state index contributed by atoms with van der Waals surface area (Å²) in [4.78, 5) is 13.4. The fourth-order valence-electron chi connectivity index (χ4n) is 2.73. The van der Waals surface area contributed by atoms with Gasteiger partial charge in [-0.05, 0) is 31.0 Å². The van der Waals surface area contributed by atoms with Gasteiger partial charge in [0.15, 0.2) is 0 Å². The highest BCUT2D eigenvalue weighted by atomic mass is 16.3. The average Bonchev–Trinajstić information content (AvgIpc) is 2.89. The molecule has 0 bridgehead atoms. The lowest BCUT2D eigenvalue weighted by molar-refractivity contribution is 0.0827. The van der Waals surface area contributed by atoms with Gasteiger partial charge in [-0.3, -0.25) is 4.79 Å². The SMILES string of the molecule is CN(C)C(=O)c1ccc(NC2(CO)CCCC2)c(N)c1. The zero-order chi connectivity index (χ0) is 14.8. The van der Waals surface area contributed by atoms with E-state index in [-0.39, 0.29) is 18.1 Å². The maximum absolute atomic E-state index is 11.9. The highest BCUT2D eigenvalue weighted by molar-refractivity contribution is 5.95. The second kappa shape index (κ2) is 5.71. The van der Waals surface area contributed by atoms with Gasteiger partial charge >= 0.3 is 0 Å². The van der Waals surface area contributed by atoms with Crippen molar-refractivity contribution in [1.29, 1.82) is 0 Å². The molecule has 1 saturated carbocycles. The summed E-state index contributed by atoms with van der Waals surface area (Å²) in [6.45, 7) is 0.102. The number of hydrogen-bond acceptors (Lipinski definition) is 4. The first-order valence-electron chi connectivity index (χ1n) is 6.98. The fourth-order valence-corrected chi connectivity index (χ4v) is 2.73. The van der Waals surface area contributed by atoms with Gasteiger partial charge in [-0.25, -0.2) is 0 Å². The van der Waals surface area contributed by atoms with Crippen LogP contribution in [0.25, 0.3) is 0 Å². The summed E-state index contributed by atoms with van der Waals surface area (Å²) < 4.78 is 0. The van der Waals surface area contributed by atoms with Crippen LogP contribution in [0.15, 0.2) is 18.2 Å². The molecule has 5 heteroatoms. The van der Waals surface area contributed by atoms with Crippen LogP contribution in [0.3, 0.4) is 0 Å². The summed E-state index contributed by atoms with van der Waals surface area (Å²) in [6, 6.07) is 5.27. The topological polar surface area (TPSA) is 78.6 Å². The maximum Gasteiger partial charge on any atom is 0.253 e. The Labute approximate surface area is 119 Å². The summed E-state index contributed by atoms with van der Waals surface area (Å²) in [5, 5.41) is 13.0. The molecule has 0 atom stereocenters. The lowest BCUT2D eigenvalue weighted by Gasteiger charge is -2.30. The molecule has 0 unspecified atom stereocenters. The summed E-state index contributed by atoms with van der Waals surface area (Å²) in [5.74, 6) is -0.0685. The third kappa shape index (κ3) is 2.88. The molecule has 0 aliphatic heterocycles. The van der Waals surface area contributed by atoms with Gasteiger partial charge in [0.2, 0.25) is 0 Å². The van der Waals surface area contributed by atoms with E-state index in [1.54, 1.807) is 26.2 Å². The summed E-state index contributed by atoms with van der Waals surface area (Å²) >= 11 is 0. The van der Waals surface area contributed by atoms with Crippen molar-refractivity contribution in [3.8, 4) is 0 Å². The van der Waals surface area contributed by atoms with Crippen molar-refractivity contribution in [3.63, 3.8) is 0 Å². The monoisotopic (exact) mass is 277 g/mol. The third-order valence-electron chi connectivity index (χ3n) is 3.97. The van der Waals surface area contributed by atoms with Crippen LogP contribution in [0.2, 0.25) is 0 Å². The first kappa shape index (κ1) is 14.7. The number of carbonyl (C=O) groups excluding carboxylic acids is 1. The number of nitrogens with zero attached hydrogens (tertiary/aromatic N) is 1. The smallest absolute Gasteiger partial charge is 0.253 e. The number of hydrogen-bond donors (Lipinski definition) is 3. The van der Waals surface area contributed by atoms with Crippen molar-refractivity contribution < 1.29 is 9.90 Å². The lowest BCUT2D eigenvalue weighted by Crippen LogP contribution is -2.39. The second-order valence-electron chi connectivity index (χ2n) is 5.77. The Morgan fingerprint density at radius 1 is 1.40 bits per heavy atom. The molecule has 0 saturated heterocycles. The van der Waals surface area contributed by atoms with Crippen molar-refractivity contribution in [3.05, 3.63) is 23.8 Å². The summed E-state index contributed by atoms with van der Waals surface area (Å²) in [6.07, 6.45) is 4.12. The quantitative estimate of drug-likeness (QED) is 0.732. The molecule has 1 aromatic carbocycles. The Morgan fingerprint density at radius 3 is 2.55 bits per heavy atom. The Kier molecular flexibility index (Phi) is 4.18. The van der Waals surface area contributed by atoms with Crippen LogP contribution in [0.5, 0.6) is 0 Å². The van der Waals surface area contributed by atoms with Crippen molar-refractivity contribution in [2.24, 2.45) is 0 Å². The third-order valence-corrected chi connectivity index (χ3v) is 3.97. The second-order valence-corrected chi connectivity index (χ2v) is 5.77. The standard InChI is InChI=1S/C15H23N3O2/c1-18(2)14(20)11-5-6-13(12(16)9-11)17-15(10-19)7-3-4-8-15/h5-6,9,17,19H,3-4,7-8,10,16H2,1-2H3. The summed E-state index contributed by atoms with van der Waals surface area (Å²) in [5.41, 5.74) is 7.67. The van der Waals surface area contributed by atoms with Crippen molar-refractivity contribution >= 4 is 17.3 Å². The van der Waals surface area contributed by atoms with E-state index >= 15 is 0 Å². The van der Waals surface area contributed by atoms with Crippen molar-refractivity contribution in [2.75, 3.05) is 31.8 Å². The predicted octanol–water partition coefficient (Wildman–Crippen LogP) is 1.69. The molecular formula is C15H23N3O2. The minimum absolute atomic E-state index is 0.0685. The Hall–Kier alpha value is -1.75. The van der Waals surface area contributed by atoms with Gasteiger partial charge in [-0.1, -0.05) is 12.8 Å². The Morgan fingerprint density at radius 2 is 2.05 bits per heavy atom. The molecule has 20 heavy (non-hydrogen) atoms. The fraction of sp³-hybridized carbons (Fsp3) is 0.533. The number of anilines is 2. The van der Waals surface area contributed by atoms with Gasteiger partial charge in [0.25, 0.3) is 5.91 Å². The van der Waals surface area contributed by atoms with Gasteiger partial charge in [-0.15, -0.1) is 0 Å². The van der Waals surface area contributed by atoms with E-state index in [2.05, 4.69) is 5.32 Å². The number of benzene rings is 1. The van der Waals surface area contributed by atoms with E-state index in [9.17, 15) is 9.90 Å². The molecule has 1 aliphatic carbocycles. The molecule has 1 aliphatic rings. The van der Waals surface area contributed by atoms with Crippen LogP contribution in [-0.4, -0.2) is 42.2 Å². The van der Waals surface area contributed by atoms with E-state index < -0.39 is 0 Å². The first-order valence-corrected chi connectivity index (χ1v) is 6.98. The van der Waals surface area contributed by atoms with E-state index in [0.29, 0.717) is 11.3 Å². The number of aliphatic hydroxyl groups is 1. The molecule has 1 fully saturated rings. The van der Waals surface area contributed by atoms with Gasteiger partial charge in [0.05, 0.1) is 23.5 Å². The molecule has 5 nitrogen and oxygen atoms in total. The molecule has 0 aromatic heterocycles. The maximum atomic E-state index is 11.9. The zero-order valence-corrected chi connectivity index (χ0v) is 12.1. The average molecular weight is 277 g/mol. The Balaban J connectivity index is 2.20. The highest BCUT2D eigenvalue weighted by Crippen LogP contribution is 2.34. The molecule has 2 rings (SSSR count). The number of aliphatic hydroxyl groups excluding tert-OH is 1. The number of nitrogens with two attached hydrogens (primary N) is 1. The number of rotatable bonds is 4. The highest BCUT2D eigenvalue weighted by Gasteiger charge is 2.33. The van der Waals surface area contributed by atoms with Crippen LogP contribution in [0.1, 0.15) is 36.0 Å². The predicted molar refractivity (Wildman–Crippen MR) is 80.8 cm³/mol. The summed E-state index contributed by atoms with van der Waals surface area (Å²) in [7, 11) is 3.42. The molecule has 4 N–H and O–H groups in total. The number of nitrogens with one attached hydrogen (secondary N) is 1. The van der Waals surface area contributed by atoms with Crippen LogP contribution in [0, 0.1) is 0 Å². The zero-order valence-electron chi connectivity index (χ0n) is 12.1. The van der Waals surface area contributed by atoms with Crippen molar-refractivity contribution in [2.45, 2.75) is 31.2 Å².